The summed E-state index contributed by atoms with van der Waals surface area (Å²) < 4.78 is 0. The van der Waals surface area contributed by atoms with Gasteiger partial charge in [-0.2, -0.15) is 0 Å². The first-order valence-electron chi connectivity index (χ1n) is 5.04. The molecule has 1 unspecified atom stereocenters. The smallest absolute Gasteiger partial charge is 0.257 e. The third-order valence-electron chi connectivity index (χ3n) is 2.36. The lowest BCUT2D eigenvalue weighted by molar-refractivity contribution is -0.117. The molecule has 3 N–H and O–H groups in total. The van der Waals surface area contributed by atoms with Crippen LogP contribution in [0.5, 0.6) is 0 Å². The maximum absolute atomic E-state index is 11.7. The zero-order chi connectivity index (χ0) is 11.7. The Balaban J connectivity index is 2.43. The first-order valence-corrected chi connectivity index (χ1v) is 5.04. The Morgan fingerprint density at radius 1 is 1.75 bits per heavy atom. The van der Waals surface area contributed by atoms with Crippen molar-refractivity contribution in [2.45, 2.75) is 13.2 Å². The van der Waals surface area contributed by atoms with E-state index in [9.17, 15) is 4.79 Å². The second-order valence-electron chi connectivity index (χ2n) is 3.74. The van der Waals surface area contributed by atoms with E-state index in [2.05, 4.69) is 16.9 Å². The lowest BCUT2D eigenvalue weighted by Gasteiger charge is -2.31. The van der Waals surface area contributed by atoms with E-state index >= 15 is 0 Å². The van der Waals surface area contributed by atoms with Crippen molar-refractivity contribution in [3.8, 4) is 0 Å². The summed E-state index contributed by atoms with van der Waals surface area (Å²) in [7, 11) is 0. The van der Waals surface area contributed by atoms with Crippen molar-refractivity contribution in [1.82, 2.24) is 10.2 Å². The number of amidine groups is 1. The molecule has 0 aliphatic carbocycles. The molecule has 0 saturated heterocycles. The number of hydrogen-bond acceptors (Lipinski definition) is 4. The average Bonchev–Trinajstić information content (AvgIpc) is 2.20. The summed E-state index contributed by atoms with van der Waals surface area (Å²) in [5, 5.41) is 2.56. The van der Waals surface area contributed by atoms with Gasteiger partial charge < -0.3 is 10.2 Å². The molecule has 1 atom stereocenters. The molecule has 0 aromatic carbocycles. The maximum Gasteiger partial charge on any atom is 0.257 e. The van der Waals surface area contributed by atoms with Crippen LogP contribution in [0.25, 0.3) is 0 Å². The minimum atomic E-state index is -0.668. The van der Waals surface area contributed by atoms with Crippen LogP contribution in [0.3, 0.4) is 0 Å². The monoisotopic (exact) mass is 218 g/mol. The van der Waals surface area contributed by atoms with Crippen molar-refractivity contribution in [2.75, 3.05) is 6.54 Å². The molecule has 5 nitrogen and oxygen atoms in total. The summed E-state index contributed by atoms with van der Waals surface area (Å²) in [5.74, 6) is 0.431. The summed E-state index contributed by atoms with van der Waals surface area (Å²) in [6.07, 6.45) is 4.82. The highest BCUT2D eigenvalue weighted by Gasteiger charge is 2.28. The lowest BCUT2D eigenvalue weighted by Crippen LogP contribution is -2.50. The molecule has 1 amide bonds. The SMILES string of the molecule is C=CCN1C=C(C)C=C2C(=O)NC(N)N=C21. The fraction of sp³-hybridized carbons (Fsp3) is 0.273. The highest BCUT2D eigenvalue weighted by molar-refractivity contribution is 6.23. The molecule has 2 rings (SSSR count). The number of aliphatic imine (C=N–C) groups is 1. The van der Waals surface area contributed by atoms with Gasteiger partial charge in [0.15, 0.2) is 6.29 Å². The number of fused-ring (bicyclic) bond motifs is 1. The van der Waals surface area contributed by atoms with Crippen LogP contribution in [-0.2, 0) is 4.79 Å². The Kier molecular flexibility index (Phi) is 2.62. The van der Waals surface area contributed by atoms with Gasteiger partial charge in [-0.05, 0) is 18.6 Å². The van der Waals surface area contributed by atoms with Crippen molar-refractivity contribution in [1.29, 1.82) is 0 Å². The second kappa shape index (κ2) is 3.94. The van der Waals surface area contributed by atoms with Crippen molar-refractivity contribution >= 4 is 11.7 Å². The molecule has 2 aliphatic heterocycles. The van der Waals surface area contributed by atoms with Gasteiger partial charge in [0.05, 0.1) is 5.57 Å². The highest BCUT2D eigenvalue weighted by Crippen LogP contribution is 2.19. The summed E-state index contributed by atoms with van der Waals surface area (Å²) in [4.78, 5) is 17.8. The summed E-state index contributed by atoms with van der Waals surface area (Å²) in [6, 6.07) is 0. The molecule has 0 fully saturated rings. The van der Waals surface area contributed by atoms with Gasteiger partial charge in [0.1, 0.15) is 5.84 Å². The van der Waals surface area contributed by atoms with Crippen molar-refractivity contribution < 1.29 is 4.79 Å². The average molecular weight is 218 g/mol. The van der Waals surface area contributed by atoms with E-state index in [1.165, 1.54) is 0 Å². The number of rotatable bonds is 2. The molecular formula is C11H14N4O. The second-order valence-corrected chi connectivity index (χ2v) is 3.74. The fourth-order valence-electron chi connectivity index (χ4n) is 1.76. The summed E-state index contributed by atoms with van der Waals surface area (Å²) >= 11 is 0. The number of carbonyl (C=O) groups is 1. The molecule has 0 aromatic rings. The quantitative estimate of drug-likeness (QED) is 0.645. The molecule has 5 heteroatoms. The van der Waals surface area contributed by atoms with E-state index < -0.39 is 6.29 Å². The number of amides is 1. The van der Waals surface area contributed by atoms with Gasteiger partial charge in [0, 0.05) is 12.7 Å². The van der Waals surface area contributed by atoms with E-state index in [1.54, 1.807) is 12.2 Å². The lowest BCUT2D eigenvalue weighted by atomic mass is 10.1. The van der Waals surface area contributed by atoms with Crippen LogP contribution < -0.4 is 11.1 Å². The standard InChI is InChI=1S/C11H14N4O/c1-3-4-15-6-7(2)5-8-9(15)13-11(12)14-10(8)16/h3,5-6,11H,1,4,12H2,2H3,(H,14,16). The predicted molar refractivity (Wildman–Crippen MR) is 62.3 cm³/mol. The largest absolute Gasteiger partial charge is 0.328 e. The molecular weight excluding hydrogens is 204 g/mol. The number of carbonyl (C=O) groups excluding carboxylic acids is 1. The van der Waals surface area contributed by atoms with Crippen LogP contribution in [0, 0.1) is 0 Å². The van der Waals surface area contributed by atoms with Gasteiger partial charge >= 0.3 is 0 Å². The molecule has 0 spiro atoms. The van der Waals surface area contributed by atoms with Gasteiger partial charge in [-0.1, -0.05) is 6.08 Å². The van der Waals surface area contributed by atoms with Crippen LogP contribution in [0.4, 0.5) is 0 Å². The topological polar surface area (TPSA) is 70.7 Å². The van der Waals surface area contributed by atoms with Crippen molar-refractivity contribution in [3.05, 3.63) is 36.1 Å². The normalized spacial score (nSPS) is 23.9. The molecule has 2 heterocycles. The van der Waals surface area contributed by atoms with Gasteiger partial charge in [-0.15, -0.1) is 6.58 Å². The molecule has 0 aromatic heterocycles. The number of nitrogens with zero attached hydrogens (tertiary/aromatic N) is 2. The number of hydrogen-bond donors (Lipinski definition) is 2. The van der Waals surface area contributed by atoms with Crippen LogP contribution in [0.15, 0.2) is 41.1 Å². The third-order valence-corrected chi connectivity index (χ3v) is 2.36. The third kappa shape index (κ3) is 1.77. The van der Waals surface area contributed by atoms with Gasteiger partial charge in [-0.3, -0.25) is 10.5 Å². The number of allylic oxidation sites excluding steroid dienone is 2. The van der Waals surface area contributed by atoms with E-state index in [1.807, 2.05) is 18.0 Å². The summed E-state index contributed by atoms with van der Waals surface area (Å²) in [6.45, 7) is 6.22. The van der Waals surface area contributed by atoms with Gasteiger partial charge in [0.25, 0.3) is 5.91 Å². The zero-order valence-corrected chi connectivity index (χ0v) is 9.10. The van der Waals surface area contributed by atoms with Crippen LogP contribution >= 0.6 is 0 Å². The Morgan fingerprint density at radius 2 is 2.50 bits per heavy atom. The van der Waals surface area contributed by atoms with E-state index in [-0.39, 0.29) is 5.91 Å². The molecule has 2 aliphatic rings. The van der Waals surface area contributed by atoms with Crippen LogP contribution in [-0.4, -0.2) is 29.5 Å². The van der Waals surface area contributed by atoms with E-state index in [0.717, 1.165) is 5.57 Å². The minimum absolute atomic E-state index is 0.181. The first kappa shape index (κ1) is 10.6. The molecule has 0 saturated carbocycles. The van der Waals surface area contributed by atoms with Crippen LogP contribution in [0.1, 0.15) is 6.92 Å². The van der Waals surface area contributed by atoms with E-state index in [0.29, 0.717) is 18.0 Å². The van der Waals surface area contributed by atoms with Crippen molar-refractivity contribution in [2.24, 2.45) is 10.7 Å². The predicted octanol–water partition coefficient (Wildman–Crippen LogP) is 0.0888. The number of nitrogens with two attached hydrogens (primary N) is 1. The molecule has 0 radical (unpaired) electrons. The highest BCUT2D eigenvalue weighted by atomic mass is 16.2. The van der Waals surface area contributed by atoms with E-state index in [4.69, 9.17) is 5.73 Å². The molecule has 0 bridgehead atoms. The van der Waals surface area contributed by atoms with Crippen LogP contribution in [0.2, 0.25) is 0 Å². The Labute approximate surface area is 94.0 Å². The summed E-state index contributed by atoms with van der Waals surface area (Å²) in [5.41, 5.74) is 7.17. The minimum Gasteiger partial charge on any atom is -0.328 e. The first-order chi connectivity index (χ1) is 7.61. The molecule has 16 heavy (non-hydrogen) atoms. The fourth-order valence-corrected chi connectivity index (χ4v) is 1.76. The molecule has 84 valence electrons. The zero-order valence-electron chi connectivity index (χ0n) is 9.10. The Hall–Kier alpha value is -1.88. The van der Waals surface area contributed by atoms with Gasteiger partial charge in [0.2, 0.25) is 0 Å². The van der Waals surface area contributed by atoms with Crippen molar-refractivity contribution in [3.63, 3.8) is 0 Å². The Bertz CT molecular complexity index is 433. The maximum atomic E-state index is 11.7. The van der Waals surface area contributed by atoms with Gasteiger partial charge in [-0.25, -0.2) is 4.99 Å². The Morgan fingerprint density at radius 3 is 3.19 bits per heavy atom. The number of nitrogens with one attached hydrogen (secondary N) is 1.